The van der Waals surface area contributed by atoms with Gasteiger partial charge in [-0.25, -0.2) is 4.98 Å². The number of rotatable bonds is 4. The molecule has 0 radical (unpaired) electrons. The van der Waals surface area contributed by atoms with Crippen LogP contribution in [0.5, 0.6) is 0 Å². The van der Waals surface area contributed by atoms with E-state index in [1.807, 2.05) is 24.3 Å². The Hall–Kier alpha value is -2.73. The van der Waals surface area contributed by atoms with E-state index in [0.29, 0.717) is 16.4 Å². The Labute approximate surface area is 142 Å². The molecule has 24 heavy (non-hydrogen) atoms. The van der Waals surface area contributed by atoms with Gasteiger partial charge in [-0.3, -0.25) is 14.9 Å². The maximum Gasteiger partial charge on any atom is 0.257 e. The number of carbonyl (C=O) groups is 2. The Balaban J connectivity index is 1.50. The summed E-state index contributed by atoms with van der Waals surface area (Å²) in [7, 11) is 0. The molecule has 1 fully saturated rings. The number of thiazole rings is 1. The van der Waals surface area contributed by atoms with Crippen molar-refractivity contribution in [1.29, 1.82) is 0 Å². The summed E-state index contributed by atoms with van der Waals surface area (Å²) in [5, 5.41) is 6.24. The van der Waals surface area contributed by atoms with Crippen molar-refractivity contribution in [2.75, 3.05) is 10.6 Å². The number of hydrogen-bond donors (Lipinski definition) is 2. The number of anilines is 2. The highest BCUT2D eigenvalue weighted by Crippen LogP contribution is 2.30. The predicted molar refractivity (Wildman–Crippen MR) is 95.4 cm³/mol. The summed E-state index contributed by atoms with van der Waals surface area (Å²) >= 11 is 1.43. The Bertz CT molecular complexity index is 898. The minimum absolute atomic E-state index is 0.0266. The third-order valence-electron chi connectivity index (χ3n) is 3.85. The first-order chi connectivity index (χ1) is 11.7. The third-order valence-corrected chi connectivity index (χ3v) is 4.81. The van der Waals surface area contributed by atoms with Gasteiger partial charge < -0.3 is 5.32 Å². The quantitative estimate of drug-likeness (QED) is 0.758. The van der Waals surface area contributed by atoms with E-state index in [1.54, 1.807) is 24.3 Å². The van der Waals surface area contributed by atoms with Crippen molar-refractivity contribution in [3.05, 3.63) is 54.1 Å². The normalized spacial score (nSPS) is 13.7. The Morgan fingerprint density at radius 1 is 1.04 bits per heavy atom. The van der Waals surface area contributed by atoms with Crippen LogP contribution in [0.4, 0.5) is 10.8 Å². The van der Waals surface area contributed by atoms with E-state index in [4.69, 9.17) is 0 Å². The van der Waals surface area contributed by atoms with Crippen LogP contribution in [0, 0.1) is 5.92 Å². The Morgan fingerprint density at radius 3 is 2.67 bits per heavy atom. The Morgan fingerprint density at radius 2 is 1.88 bits per heavy atom. The summed E-state index contributed by atoms with van der Waals surface area (Å²) in [4.78, 5) is 28.6. The summed E-state index contributed by atoms with van der Waals surface area (Å²) in [6.07, 6.45) is 1.90. The molecule has 1 saturated carbocycles. The van der Waals surface area contributed by atoms with Crippen molar-refractivity contribution in [3.63, 3.8) is 0 Å². The summed E-state index contributed by atoms with van der Waals surface area (Å²) in [5.41, 5.74) is 2.00. The van der Waals surface area contributed by atoms with Gasteiger partial charge in [0.1, 0.15) is 0 Å². The number of carbonyl (C=O) groups excluding carboxylic acids is 2. The first-order valence-corrected chi connectivity index (χ1v) is 8.58. The topological polar surface area (TPSA) is 71.1 Å². The van der Waals surface area contributed by atoms with E-state index in [0.717, 1.165) is 23.1 Å². The molecule has 0 atom stereocenters. The van der Waals surface area contributed by atoms with E-state index in [2.05, 4.69) is 15.6 Å². The van der Waals surface area contributed by atoms with Crippen LogP contribution in [0.1, 0.15) is 23.2 Å². The van der Waals surface area contributed by atoms with Crippen LogP contribution in [0.3, 0.4) is 0 Å². The van der Waals surface area contributed by atoms with Gasteiger partial charge in [-0.2, -0.15) is 0 Å². The van der Waals surface area contributed by atoms with Crippen molar-refractivity contribution in [2.24, 2.45) is 5.92 Å². The smallest absolute Gasteiger partial charge is 0.257 e. The van der Waals surface area contributed by atoms with Gasteiger partial charge in [0, 0.05) is 17.2 Å². The largest absolute Gasteiger partial charge is 0.326 e. The summed E-state index contributed by atoms with van der Waals surface area (Å²) < 4.78 is 1.03. The van der Waals surface area contributed by atoms with Gasteiger partial charge in [0.15, 0.2) is 5.13 Å². The highest BCUT2D eigenvalue weighted by atomic mass is 32.1. The molecule has 0 saturated heterocycles. The molecule has 1 aliphatic rings. The summed E-state index contributed by atoms with van der Waals surface area (Å²) in [6.45, 7) is 0. The zero-order valence-electron chi connectivity index (χ0n) is 12.8. The van der Waals surface area contributed by atoms with Crippen LogP contribution < -0.4 is 10.6 Å². The van der Waals surface area contributed by atoms with Gasteiger partial charge in [0.05, 0.1) is 10.2 Å². The van der Waals surface area contributed by atoms with Gasteiger partial charge in [0.2, 0.25) is 5.91 Å². The average molecular weight is 337 g/mol. The first kappa shape index (κ1) is 14.8. The number of hydrogen-bond acceptors (Lipinski definition) is 4. The zero-order valence-corrected chi connectivity index (χ0v) is 13.6. The number of nitrogens with one attached hydrogen (secondary N) is 2. The van der Waals surface area contributed by atoms with Crippen LogP contribution in [0.25, 0.3) is 10.2 Å². The fraction of sp³-hybridized carbons (Fsp3) is 0.167. The summed E-state index contributed by atoms with van der Waals surface area (Å²) in [6, 6.07) is 14.7. The van der Waals surface area contributed by atoms with Crippen molar-refractivity contribution >= 4 is 44.2 Å². The van der Waals surface area contributed by atoms with Gasteiger partial charge in [-0.15, -0.1) is 0 Å². The molecular weight excluding hydrogens is 322 g/mol. The molecule has 1 aromatic heterocycles. The summed E-state index contributed by atoms with van der Waals surface area (Å²) in [5.74, 6) is -0.0828. The second-order valence-electron chi connectivity index (χ2n) is 5.79. The number of aromatic nitrogens is 1. The molecule has 0 bridgehead atoms. The molecule has 5 nitrogen and oxygen atoms in total. The molecule has 120 valence electrons. The maximum atomic E-state index is 12.4. The third kappa shape index (κ3) is 3.14. The monoisotopic (exact) mass is 337 g/mol. The molecule has 0 unspecified atom stereocenters. The second-order valence-corrected chi connectivity index (χ2v) is 6.82. The molecular formula is C18H15N3O2S. The molecule has 1 aliphatic carbocycles. The zero-order chi connectivity index (χ0) is 16.5. The van der Waals surface area contributed by atoms with Crippen molar-refractivity contribution in [2.45, 2.75) is 12.8 Å². The maximum absolute atomic E-state index is 12.4. The highest BCUT2D eigenvalue weighted by molar-refractivity contribution is 7.22. The van der Waals surface area contributed by atoms with Crippen molar-refractivity contribution < 1.29 is 9.59 Å². The van der Waals surface area contributed by atoms with Crippen LogP contribution in [0.2, 0.25) is 0 Å². The number of fused-ring (bicyclic) bond motifs is 1. The van der Waals surface area contributed by atoms with Crippen LogP contribution >= 0.6 is 11.3 Å². The lowest BCUT2D eigenvalue weighted by Crippen LogP contribution is -2.15. The SMILES string of the molecule is O=C(Nc1nc2ccccc2s1)c1cccc(NC(=O)C2CC2)c1. The molecule has 2 aromatic carbocycles. The van der Waals surface area contributed by atoms with Crippen molar-refractivity contribution in [3.8, 4) is 0 Å². The highest BCUT2D eigenvalue weighted by Gasteiger charge is 2.29. The molecule has 2 N–H and O–H groups in total. The van der Waals surface area contributed by atoms with Crippen LogP contribution in [-0.4, -0.2) is 16.8 Å². The minimum atomic E-state index is -0.239. The molecule has 0 aliphatic heterocycles. The lowest BCUT2D eigenvalue weighted by molar-refractivity contribution is -0.117. The molecule has 6 heteroatoms. The number of nitrogens with zero attached hydrogens (tertiary/aromatic N) is 1. The molecule has 1 heterocycles. The van der Waals surface area contributed by atoms with Crippen LogP contribution in [-0.2, 0) is 4.79 Å². The van der Waals surface area contributed by atoms with Crippen molar-refractivity contribution in [1.82, 2.24) is 4.98 Å². The average Bonchev–Trinajstić information content (AvgIpc) is 3.35. The van der Waals surface area contributed by atoms with Crippen LogP contribution in [0.15, 0.2) is 48.5 Å². The van der Waals surface area contributed by atoms with E-state index < -0.39 is 0 Å². The lowest BCUT2D eigenvalue weighted by Gasteiger charge is -2.06. The van der Waals surface area contributed by atoms with Gasteiger partial charge >= 0.3 is 0 Å². The van der Waals surface area contributed by atoms with Gasteiger partial charge in [0.25, 0.3) is 5.91 Å². The second kappa shape index (κ2) is 6.05. The Kier molecular flexibility index (Phi) is 3.74. The molecule has 0 spiro atoms. The fourth-order valence-electron chi connectivity index (χ4n) is 2.42. The number of benzene rings is 2. The van der Waals surface area contributed by atoms with E-state index in [9.17, 15) is 9.59 Å². The number of amides is 2. The van der Waals surface area contributed by atoms with E-state index in [-0.39, 0.29) is 17.7 Å². The van der Waals surface area contributed by atoms with Gasteiger partial charge in [-0.1, -0.05) is 29.5 Å². The van der Waals surface area contributed by atoms with E-state index >= 15 is 0 Å². The van der Waals surface area contributed by atoms with Gasteiger partial charge in [-0.05, 0) is 43.2 Å². The lowest BCUT2D eigenvalue weighted by atomic mass is 10.2. The molecule has 3 aromatic rings. The first-order valence-electron chi connectivity index (χ1n) is 7.77. The number of para-hydroxylation sites is 1. The predicted octanol–water partition coefficient (Wildman–Crippen LogP) is 3.90. The molecule has 4 rings (SSSR count). The molecule has 2 amide bonds. The standard InChI is InChI=1S/C18H15N3O2S/c22-16(11-8-9-11)19-13-5-3-4-12(10-13)17(23)21-18-20-14-6-1-2-7-15(14)24-18/h1-7,10-11H,8-9H2,(H,19,22)(H,20,21,23). The van der Waals surface area contributed by atoms with E-state index in [1.165, 1.54) is 11.3 Å². The fourth-order valence-corrected chi connectivity index (χ4v) is 3.28. The minimum Gasteiger partial charge on any atom is -0.326 e.